The van der Waals surface area contributed by atoms with Crippen molar-refractivity contribution in [3.05, 3.63) is 34.9 Å². The summed E-state index contributed by atoms with van der Waals surface area (Å²) in [6.07, 6.45) is 2.94. The maximum absolute atomic E-state index is 11.6. The first-order chi connectivity index (χ1) is 8.07. The van der Waals surface area contributed by atoms with Gasteiger partial charge in [0.1, 0.15) is 0 Å². The quantitative estimate of drug-likeness (QED) is 0.861. The van der Waals surface area contributed by atoms with Crippen molar-refractivity contribution < 1.29 is 9.90 Å². The Bertz CT molecular complexity index is 398. The van der Waals surface area contributed by atoms with E-state index in [4.69, 9.17) is 11.6 Å². The summed E-state index contributed by atoms with van der Waals surface area (Å²) in [6, 6.07) is 7.20. The molecule has 0 atom stereocenters. The van der Waals surface area contributed by atoms with Crippen LogP contribution in [0.1, 0.15) is 24.8 Å². The molecule has 1 amide bonds. The summed E-state index contributed by atoms with van der Waals surface area (Å²) in [5.74, 6) is -0.0624. The smallest absolute Gasteiger partial charge is 0.224 e. The van der Waals surface area contributed by atoms with Crippen LogP contribution in [0.4, 0.5) is 0 Å². The third kappa shape index (κ3) is 3.45. The van der Waals surface area contributed by atoms with Crippen LogP contribution in [-0.2, 0) is 11.2 Å². The molecule has 4 heteroatoms. The molecule has 0 saturated heterocycles. The van der Waals surface area contributed by atoms with Gasteiger partial charge in [-0.15, -0.1) is 0 Å². The highest BCUT2D eigenvalue weighted by atomic mass is 35.5. The molecule has 1 aliphatic carbocycles. The first-order valence-electron chi connectivity index (χ1n) is 5.81. The molecule has 1 aromatic rings. The van der Waals surface area contributed by atoms with E-state index in [0.29, 0.717) is 18.0 Å². The van der Waals surface area contributed by atoms with E-state index in [1.54, 1.807) is 12.1 Å². The molecule has 0 aromatic heterocycles. The fourth-order valence-corrected chi connectivity index (χ4v) is 2.00. The normalized spacial score (nSPS) is 17.3. The molecule has 0 unspecified atom stereocenters. The molecule has 92 valence electrons. The van der Waals surface area contributed by atoms with Crippen molar-refractivity contribution >= 4 is 17.5 Å². The number of benzene rings is 1. The zero-order valence-electron chi connectivity index (χ0n) is 9.58. The van der Waals surface area contributed by atoms with Crippen molar-refractivity contribution in [2.45, 2.75) is 31.3 Å². The monoisotopic (exact) mass is 253 g/mol. The number of halogens is 1. The zero-order chi connectivity index (χ0) is 12.3. The summed E-state index contributed by atoms with van der Waals surface area (Å²) in [5.41, 5.74) is 0.267. The van der Waals surface area contributed by atoms with E-state index >= 15 is 0 Å². The van der Waals surface area contributed by atoms with Gasteiger partial charge in [-0.05, 0) is 37.0 Å². The fraction of sp³-hybridized carbons (Fsp3) is 0.462. The van der Waals surface area contributed by atoms with Crippen molar-refractivity contribution in [3.63, 3.8) is 0 Å². The molecule has 17 heavy (non-hydrogen) atoms. The fourth-order valence-electron chi connectivity index (χ4n) is 1.87. The van der Waals surface area contributed by atoms with Crippen LogP contribution in [0.5, 0.6) is 0 Å². The minimum Gasteiger partial charge on any atom is -0.388 e. The van der Waals surface area contributed by atoms with Gasteiger partial charge >= 0.3 is 0 Å². The van der Waals surface area contributed by atoms with E-state index in [9.17, 15) is 9.90 Å². The van der Waals surface area contributed by atoms with Crippen molar-refractivity contribution in [1.82, 2.24) is 5.32 Å². The predicted octanol–water partition coefficient (Wildman–Crippen LogP) is 1.91. The molecule has 3 nitrogen and oxygen atoms in total. The van der Waals surface area contributed by atoms with E-state index in [0.717, 1.165) is 24.8 Å². The Kier molecular flexibility index (Phi) is 3.69. The van der Waals surface area contributed by atoms with Gasteiger partial charge < -0.3 is 10.4 Å². The van der Waals surface area contributed by atoms with Gasteiger partial charge in [0.25, 0.3) is 0 Å². The first-order valence-corrected chi connectivity index (χ1v) is 6.19. The van der Waals surface area contributed by atoms with Gasteiger partial charge in [0, 0.05) is 11.6 Å². The van der Waals surface area contributed by atoms with E-state index in [-0.39, 0.29) is 5.91 Å². The molecule has 2 N–H and O–H groups in total. The standard InChI is InChI=1S/C13H16ClNO2/c14-11-4-2-10(3-5-11)8-12(16)15-9-13(17)6-1-7-13/h2-5,17H,1,6-9H2,(H,15,16). The maximum atomic E-state index is 11.6. The van der Waals surface area contributed by atoms with Gasteiger partial charge in [-0.2, -0.15) is 0 Å². The van der Waals surface area contributed by atoms with Crippen LogP contribution in [0.2, 0.25) is 5.02 Å². The van der Waals surface area contributed by atoms with Gasteiger partial charge in [0.2, 0.25) is 5.91 Å². The molecule has 1 saturated carbocycles. The molecule has 1 aromatic carbocycles. The molecule has 0 radical (unpaired) electrons. The largest absolute Gasteiger partial charge is 0.388 e. The molecular formula is C13H16ClNO2. The second kappa shape index (κ2) is 5.07. The molecule has 1 aliphatic rings. The van der Waals surface area contributed by atoms with Crippen LogP contribution in [0.25, 0.3) is 0 Å². The maximum Gasteiger partial charge on any atom is 0.224 e. The number of hydrogen-bond acceptors (Lipinski definition) is 2. The molecule has 0 aliphatic heterocycles. The Morgan fingerprint density at radius 3 is 2.53 bits per heavy atom. The lowest BCUT2D eigenvalue weighted by Crippen LogP contribution is -2.48. The highest BCUT2D eigenvalue weighted by molar-refractivity contribution is 6.30. The number of aliphatic hydroxyl groups is 1. The summed E-state index contributed by atoms with van der Waals surface area (Å²) in [6.45, 7) is 0.361. The van der Waals surface area contributed by atoms with Crippen LogP contribution >= 0.6 is 11.6 Å². The summed E-state index contributed by atoms with van der Waals surface area (Å²) < 4.78 is 0. The number of nitrogens with one attached hydrogen (secondary N) is 1. The van der Waals surface area contributed by atoms with Gasteiger partial charge in [-0.25, -0.2) is 0 Å². The Hall–Kier alpha value is -1.06. The lowest BCUT2D eigenvalue weighted by molar-refractivity contribution is -0.122. The zero-order valence-corrected chi connectivity index (χ0v) is 10.3. The van der Waals surface area contributed by atoms with Crippen molar-refractivity contribution in [2.75, 3.05) is 6.54 Å². The first kappa shape index (κ1) is 12.4. The highest BCUT2D eigenvalue weighted by Gasteiger charge is 2.34. The van der Waals surface area contributed by atoms with Gasteiger partial charge in [-0.1, -0.05) is 23.7 Å². The summed E-state index contributed by atoms with van der Waals surface area (Å²) in [5, 5.41) is 13.3. The van der Waals surface area contributed by atoms with Crippen molar-refractivity contribution in [1.29, 1.82) is 0 Å². The lowest BCUT2D eigenvalue weighted by atomic mass is 9.80. The molecule has 1 fully saturated rings. The second-order valence-corrected chi connectivity index (χ2v) is 5.09. The Morgan fingerprint density at radius 1 is 1.35 bits per heavy atom. The second-order valence-electron chi connectivity index (χ2n) is 4.66. The van der Waals surface area contributed by atoms with Gasteiger partial charge in [0.15, 0.2) is 0 Å². The topological polar surface area (TPSA) is 49.3 Å². The van der Waals surface area contributed by atoms with Crippen molar-refractivity contribution in [3.8, 4) is 0 Å². The SMILES string of the molecule is O=C(Cc1ccc(Cl)cc1)NCC1(O)CCC1. The Balaban J connectivity index is 1.79. The average Bonchev–Trinajstić information content (AvgIpc) is 2.27. The molecule has 2 rings (SSSR count). The van der Waals surface area contributed by atoms with Crippen LogP contribution in [0, 0.1) is 0 Å². The summed E-state index contributed by atoms with van der Waals surface area (Å²) in [7, 11) is 0. The van der Waals surface area contributed by atoms with Crippen LogP contribution in [0.3, 0.4) is 0 Å². The van der Waals surface area contributed by atoms with Crippen LogP contribution in [-0.4, -0.2) is 23.2 Å². The molecule has 0 bridgehead atoms. The Morgan fingerprint density at radius 2 is 2.00 bits per heavy atom. The number of carbonyl (C=O) groups is 1. The van der Waals surface area contributed by atoms with Gasteiger partial charge in [0.05, 0.1) is 12.0 Å². The Labute approximate surface area is 106 Å². The number of amides is 1. The lowest BCUT2D eigenvalue weighted by Gasteiger charge is -2.36. The van der Waals surface area contributed by atoms with Crippen molar-refractivity contribution in [2.24, 2.45) is 0 Å². The van der Waals surface area contributed by atoms with Gasteiger partial charge in [-0.3, -0.25) is 4.79 Å². The van der Waals surface area contributed by atoms with E-state index in [1.165, 1.54) is 0 Å². The molecular weight excluding hydrogens is 238 g/mol. The predicted molar refractivity (Wildman–Crippen MR) is 67.0 cm³/mol. The third-order valence-corrected chi connectivity index (χ3v) is 3.43. The van der Waals surface area contributed by atoms with E-state index in [2.05, 4.69) is 5.32 Å². The average molecular weight is 254 g/mol. The summed E-state index contributed by atoms with van der Waals surface area (Å²) >= 11 is 5.76. The van der Waals surface area contributed by atoms with E-state index < -0.39 is 5.60 Å². The van der Waals surface area contributed by atoms with Crippen LogP contribution in [0.15, 0.2) is 24.3 Å². The number of carbonyl (C=O) groups excluding carboxylic acids is 1. The minimum absolute atomic E-state index is 0.0624. The number of hydrogen-bond donors (Lipinski definition) is 2. The van der Waals surface area contributed by atoms with Crippen LogP contribution < -0.4 is 5.32 Å². The minimum atomic E-state index is -0.657. The number of rotatable bonds is 4. The summed E-state index contributed by atoms with van der Waals surface area (Å²) in [4.78, 5) is 11.6. The van der Waals surface area contributed by atoms with E-state index in [1.807, 2.05) is 12.1 Å². The highest BCUT2D eigenvalue weighted by Crippen LogP contribution is 2.30. The molecule has 0 heterocycles. The molecule has 0 spiro atoms. The third-order valence-electron chi connectivity index (χ3n) is 3.18.